The van der Waals surface area contributed by atoms with Crippen molar-refractivity contribution >= 4 is 26.0 Å². The molecule has 0 saturated heterocycles. The highest BCUT2D eigenvalue weighted by atomic mass is 79.9. The van der Waals surface area contributed by atoms with Crippen molar-refractivity contribution in [1.29, 1.82) is 0 Å². The van der Waals surface area contributed by atoms with Gasteiger partial charge in [-0.05, 0) is 40.9 Å². The summed E-state index contributed by atoms with van der Waals surface area (Å²) in [5.41, 5.74) is 2.71. The molecule has 7 nitrogen and oxygen atoms in total. The highest BCUT2D eigenvalue weighted by Gasteiger charge is 2.24. The van der Waals surface area contributed by atoms with Gasteiger partial charge in [-0.2, -0.15) is 9.29 Å². The van der Waals surface area contributed by atoms with Gasteiger partial charge < -0.3 is 4.74 Å². The zero-order valence-electron chi connectivity index (χ0n) is 13.9. The lowest BCUT2D eigenvalue weighted by molar-refractivity contribution is 0.282. The Morgan fingerprint density at radius 2 is 2.12 bits per heavy atom. The predicted molar refractivity (Wildman–Crippen MR) is 96.7 cm³/mol. The number of ether oxygens (including phenoxy) is 1. The third kappa shape index (κ3) is 4.96. The smallest absolute Gasteiger partial charge is 0.316 e. The van der Waals surface area contributed by atoms with E-state index in [1.165, 1.54) is 10.6 Å². The molecular weight excluding hydrogens is 408 g/mol. The first-order valence-corrected chi connectivity index (χ1v) is 10.6. The van der Waals surface area contributed by atoms with Crippen molar-refractivity contribution in [1.82, 2.24) is 19.3 Å². The molecule has 0 saturated carbocycles. The van der Waals surface area contributed by atoms with Gasteiger partial charge in [0.25, 0.3) is 0 Å². The lowest BCUT2D eigenvalue weighted by atomic mass is 10.1. The third-order valence-electron chi connectivity index (χ3n) is 3.94. The number of hydrogen-bond acceptors (Lipinski definition) is 6. The Morgan fingerprint density at radius 3 is 2.84 bits per heavy atom. The van der Waals surface area contributed by atoms with Crippen LogP contribution in [-0.4, -0.2) is 47.1 Å². The van der Waals surface area contributed by atoms with Crippen LogP contribution in [0.2, 0.25) is 0 Å². The van der Waals surface area contributed by atoms with Crippen molar-refractivity contribution in [2.75, 3.05) is 19.4 Å². The number of halogens is 1. The molecule has 0 spiro atoms. The molecule has 0 atom stereocenters. The molecule has 0 unspecified atom stereocenters. The fraction of sp³-hybridized carbons (Fsp3) is 0.438. The molecule has 2 aromatic rings. The van der Waals surface area contributed by atoms with Crippen molar-refractivity contribution in [3.63, 3.8) is 0 Å². The minimum absolute atomic E-state index is 0.323. The number of hydrogen-bond donors (Lipinski definition) is 0. The van der Waals surface area contributed by atoms with Gasteiger partial charge in [-0.25, -0.2) is 13.4 Å². The highest BCUT2D eigenvalue weighted by Crippen LogP contribution is 2.20. The Morgan fingerprint density at radius 1 is 1.28 bits per heavy atom. The summed E-state index contributed by atoms with van der Waals surface area (Å²) in [6.45, 7) is 1.27. The van der Waals surface area contributed by atoms with Crippen LogP contribution in [0, 0.1) is 0 Å². The van der Waals surface area contributed by atoms with Crippen molar-refractivity contribution < 1.29 is 13.2 Å². The second-order valence-electron chi connectivity index (χ2n) is 5.89. The molecule has 0 bridgehead atoms. The summed E-state index contributed by atoms with van der Waals surface area (Å²) in [6.07, 6.45) is 6.87. The molecule has 0 fully saturated rings. The standard InChI is InChI=1S/C16H19BrN4O3S/c1-25(22,23)21-7-6-15-12(11-21)9-19-16(20-15)24-8-2-3-14-5-4-13(17)10-18-14/h4-5,9-10H,2-3,6-8,11H2,1H3. The van der Waals surface area contributed by atoms with E-state index >= 15 is 0 Å². The van der Waals surface area contributed by atoms with E-state index in [-0.39, 0.29) is 0 Å². The van der Waals surface area contributed by atoms with Crippen LogP contribution in [0.5, 0.6) is 6.01 Å². The number of pyridine rings is 1. The lowest BCUT2D eigenvalue weighted by Gasteiger charge is -2.25. The molecule has 3 rings (SSSR count). The molecule has 0 N–H and O–H groups in total. The number of aryl methyl sites for hydroxylation is 1. The maximum Gasteiger partial charge on any atom is 0.316 e. The first-order valence-electron chi connectivity index (χ1n) is 7.95. The first kappa shape index (κ1) is 18.2. The Hall–Kier alpha value is -1.58. The van der Waals surface area contributed by atoms with Gasteiger partial charge in [-0.1, -0.05) is 0 Å². The topological polar surface area (TPSA) is 85.3 Å². The van der Waals surface area contributed by atoms with Crippen molar-refractivity contribution in [3.8, 4) is 6.01 Å². The minimum atomic E-state index is -3.19. The zero-order valence-corrected chi connectivity index (χ0v) is 16.3. The van der Waals surface area contributed by atoms with Crippen LogP contribution in [-0.2, 0) is 29.4 Å². The maximum absolute atomic E-state index is 11.6. The van der Waals surface area contributed by atoms with E-state index in [9.17, 15) is 8.42 Å². The van der Waals surface area contributed by atoms with Crippen LogP contribution in [0.15, 0.2) is 29.0 Å². The fourth-order valence-electron chi connectivity index (χ4n) is 2.60. The molecule has 134 valence electrons. The van der Waals surface area contributed by atoms with Gasteiger partial charge >= 0.3 is 6.01 Å². The molecule has 0 amide bonds. The summed E-state index contributed by atoms with van der Waals surface area (Å²) >= 11 is 3.36. The monoisotopic (exact) mass is 426 g/mol. The summed E-state index contributed by atoms with van der Waals surface area (Å²) in [5, 5.41) is 0. The maximum atomic E-state index is 11.6. The van der Waals surface area contributed by atoms with E-state index in [0.29, 0.717) is 32.1 Å². The minimum Gasteiger partial charge on any atom is -0.463 e. The summed E-state index contributed by atoms with van der Waals surface area (Å²) < 4.78 is 31.3. The Balaban J connectivity index is 1.52. The van der Waals surface area contributed by atoms with E-state index < -0.39 is 10.0 Å². The van der Waals surface area contributed by atoms with E-state index in [0.717, 1.165) is 34.3 Å². The molecule has 9 heteroatoms. The summed E-state index contributed by atoms with van der Waals surface area (Å²) in [4.78, 5) is 12.9. The zero-order chi connectivity index (χ0) is 17.9. The number of sulfonamides is 1. The van der Waals surface area contributed by atoms with Gasteiger partial charge in [-0.15, -0.1) is 0 Å². The number of rotatable bonds is 6. The molecule has 25 heavy (non-hydrogen) atoms. The molecule has 1 aliphatic rings. The van der Waals surface area contributed by atoms with E-state index in [1.807, 2.05) is 12.1 Å². The van der Waals surface area contributed by atoms with Crippen molar-refractivity contribution in [3.05, 3.63) is 46.0 Å². The summed E-state index contributed by atoms with van der Waals surface area (Å²) in [6, 6.07) is 4.29. The summed E-state index contributed by atoms with van der Waals surface area (Å²) in [7, 11) is -3.19. The number of aromatic nitrogens is 3. The van der Waals surface area contributed by atoms with E-state index in [1.54, 1.807) is 12.4 Å². The van der Waals surface area contributed by atoms with Crippen LogP contribution in [0.3, 0.4) is 0 Å². The molecular formula is C16H19BrN4O3S. The predicted octanol–water partition coefficient (Wildman–Crippen LogP) is 1.96. The van der Waals surface area contributed by atoms with Gasteiger partial charge in [0.05, 0.1) is 18.6 Å². The molecule has 1 aliphatic heterocycles. The highest BCUT2D eigenvalue weighted by molar-refractivity contribution is 9.10. The van der Waals surface area contributed by atoms with Gasteiger partial charge in [0.1, 0.15) is 0 Å². The molecule has 0 aliphatic carbocycles. The average molecular weight is 427 g/mol. The molecule has 3 heterocycles. The van der Waals surface area contributed by atoms with Gasteiger partial charge in [-0.3, -0.25) is 4.98 Å². The number of fused-ring (bicyclic) bond motifs is 1. The SMILES string of the molecule is CS(=O)(=O)N1CCc2nc(OCCCc3ccc(Br)cn3)ncc2C1. The summed E-state index contributed by atoms with van der Waals surface area (Å²) in [5.74, 6) is 0. The molecule has 2 aromatic heterocycles. The van der Waals surface area contributed by atoms with Crippen LogP contribution in [0.25, 0.3) is 0 Å². The largest absolute Gasteiger partial charge is 0.463 e. The second-order valence-corrected chi connectivity index (χ2v) is 8.79. The first-order chi connectivity index (χ1) is 11.9. The van der Waals surface area contributed by atoms with Crippen LogP contribution >= 0.6 is 15.9 Å². The molecule has 0 radical (unpaired) electrons. The van der Waals surface area contributed by atoms with Crippen molar-refractivity contribution in [2.24, 2.45) is 0 Å². The normalized spacial score (nSPS) is 15.0. The second kappa shape index (κ2) is 7.76. The van der Waals surface area contributed by atoms with Gasteiger partial charge in [0.15, 0.2) is 0 Å². The van der Waals surface area contributed by atoms with Gasteiger partial charge in [0.2, 0.25) is 10.0 Å². The van der Waals surface area contributed by atoms with Crippen LogP contribution in [0.4, 0.5) is 0 Å². The third-order valence-corrected chi connectivity index (χ3v) is 5.66. The fourth-order valence-corrected chi connectivity index (χ4v) is 3.63. The van der Waals surface area contributed by atoms with E-state index in [2.05, 4.69) is 30.9 Å². The average Bonchev–Trinajstić information content (AvgIpc) is 2.59. The number of nitrogens with zero attached hydrogens (tertiary/aromatic N) is 4. The Kier molecular flexibility index (Phi) is 5.65. The van der Waals surface area contributed by atoms with Crippen molar-refractivity contribution in [2.45, 2.75) is 25.8 Å². The lowest BCUT2D eigenvalue weighted by Crippen LogP contribution is -2.35. The van der Waals surface area contributed by atoms with E-state index in [4.69, 9.17) is 4.74 Å². The quantitative estimate of drug-likeness (QED) is 0.656. The Bertz CT molecular complexity index is 843. The van der Waals surface area contributed by atoms with Crippen LogP contribution < -0.4 is 4.74 Å². The Labute approximate surface area is 155 Å². The van der Waals surface area contributed by atoms with Crippen LogP contribution in [0.1, 0.15) is 23.4 Å². The van der Waals surface area contributed by atoms with Gasteiger partial charge in [0, 0.05) is 47.6 Å². The molecule has 0 aromatic carbocycles.